The topological polar surface area (TPSA) is 30.7 Å². The molecule has 0 aliphatic rings. The lowest BCUT2D eigenvalue weighted by Gasteiger charge is -2.10. The molecule has 2 aromatic rings. The Hall–Kier alpha value is -1.49. The van der Waals surface area contributed by atoms with Gasteiger partial charge in [-0.25, -0.2) is 8.78 Å². The maximum Gasteiger partial charge on any atom is 0.229 e. The first-order valence-corrected chi connectivity index (χ1v) is 5.44. The van der Waals surface area contributed by atoms with Crippen LogP contribution in [0.3, 0.4) is 0 Å². The van der Waals surface area contributed by atoms with E-state index in [-0.39, 0.29) is 16.9 Å². The van der Waals surface area contributed by atoms with E-state index < -0.39 is 11.6 Å². The maximum atomic E-state index is 13.7. The first-order chi connectivity index (χ1) is 8.00. The molecule has 0 N–H and O–H groups in total. The molecule has 0 bridgehead atoms. The van der Waals surface area contributed by atoms with Crippen molar-refractivity contribution >= 4 is 11.6 Å². The molecule has 0 amide bonds. The zero-order valence-corrected chi connectivity index (χ0v) is 10.0. The molecule has 1 aromatic heterocycles. The van der Waals surface area contributed by atoms with Gasteiger partial charge in [-0.3, -0.25) is 4.57 Å². The third-order valence-corrected chi connectivity index (χ3v) is 2.56. The molecule has 1 aromatic carbocycles. The fourth-order valence-electron chi connectivity index (χ4n) is 1.54. The van der Waals surface area contributed by atoms with Crippen molar-refractivity contribution in [3.63, 3.8) is 0 Å². The minimum atomic E-state index is -0.700. The predicted octanol–water partition coefficient (Wildman–Crippen LogP) is 3.32. The minimum absolute atomic E-state index is 0.0273. The fourth-order valence-corrected chi connectivity index (χ4v) is 1.75. The van der Waals surface area contributed by atoms with Gasteiger partial charge in [0.05, 0.1) is 5.69 Å². The number of benzene rings is 1. The second-order valence-corrected chi connectivity index (χ2v) is 4.25. The number of nitrogens with zero attached hydrogens (tertiary/aromatic N) is 3. The summed E-state index contributed by atoms with van der Waals surface area (Å²) >= 11 is 5.86. The van der Waals surface area contributed by atoms with E-state index in [1.165, 1.54) is 16.7 Å². The summed E-state index contributed by atoms with van der Waals surface area (Å²) in [6.45, 7) is 3.77. The van der Waals surface area contributed by atoms with Gasteiger partial charge in [-0.1, -0.05) is 13.8 Å². The number of aromatic nitrogens is 3. The second kappa shape index (κ2) is 4.41. The summed E-state index contributed by atoms with van der Waals surface area (Å²) in [5.41, 5.74) is 0.144. The van der Waals surface area contributed by atoms with Crippen LogP contribution >= 0.6 is 11.6 Å². The number of hydrogen-bond acceptors (Lipinski definition) is 2. The molecular weight excluding hydrogens is 248 g/mol. The zero-order chi connectivity index (χ0) is 12.6. The molecule has 0 saturated carbocycles. The highest BCUT2D eigenvalue weighted by atomic mass is 35.5. The van der Waals surface area contributed by atoms with Crippen molar-refractivity contribution in [1.29, 1.82) is 0 Å². The summed E-state index contributed by atoms with van der Waals surface area (Å²) in [7, 11) is 0. The lowest BCUT2D eigenvalue weighted by molar-refractivity contribution is 0.575. The Kier molecular flexibility index (Phi) is 3.11. The number of halogens is 3. The number of rotatable bonds is 2. The van der Waals surface area contributed by atoms with Crippen LogP contribution in [0.25, 0.3) is 5.69 Å². The molecule has 1 heterocycles. The van der Waals surface area contributed by atoms with Crippen LogP contribution in [0.2, 0.25) is 5.28 Å². The Morgan fingerprint density at radius 2 is 1.94 bits per heavy atom. The van der Waals surface area contributed by atoms with Crippen molar-refractivity contribution in [3.8, 4) is 5.69 Å². The van der Waals surface area contributed by atoms with E-state index >= 15 is 0 Å². The van der Waals surface area contributed by atoms with E-state index in [4.69, 9.17) is 11.6 Å². The first kappa shape index (κ1) is 12.0. The van der Waals surface area contributed by atoms with Gasteiger partial charge in [0.25, 0.3) is 0 Å². The largest absolute Gasteiger partial charge is 0.267 e. The normalized spacial score (nSPS) is 11.2. The van der Waals surface area contributed by atoms with Gasteiger partial charge in [-0.2, -0.15) is 0 Å². The summed E-state index contributed by atoms with van der Waals surface area (Å²) in [6, 6.07) is 3.28. The molecule has 2 rings (SSSR count). The van der Waals surface area contributed by atoms with Crippen molar-refractivity contribution in [3.05, 3.63) is 40.9 Å². The van der Waals surface area contributed by atoms with Crippen molar-refractivity contribution in [1.82, 2.24) is 14.8 Å². The lowest BCUT2D eigenvalue weighted by atomic mass is 10.2. The SMILES string of the molecule is CC(C)c1nnc(Cl)n1-c1ccc(F)cc1F. The van der Waals surface area contributed by atoms with Crippen LogP contribution in [-0.2, 0) is 0 Å². The van der Waals surface area contributed by atoms with E-state index in [2.05, 4.69) is 10.2 Å². The molecule has 0 unspecified atom stereocenters. The maximum absolute atomic E-state index is 13.7. The Morgan fingerprint density at radius 1 is 1.24 bits per heavy atom. The van der Waals surface area contributed by atoms with E-state index in [0.29, 0.717) is 5.82 Å². The third kappa shape index (κ3) is 2.15. The lowest BCUT2D eigenvalue weighted by Crippen LogP contribution is -2.05. The molecule has 0 saturated heterocycles. The summed E-state index contributed by atoms with van der Waals surface area (Å²) in [5, 5.41) is 7.63. The second-order valence-electron chi connectivity index (χ2n) is 3.91. The monoisotopic (exact) mass is 257 g/mol. The van der Waals surface area contributed by atoms with Gasteiger partial charge < -0.3 is 0 Å². The van der Waals surface area contributed by atoms with Crippen molar-refractivity contribution in [2.24, 2.45) is 0 Å². The summed E-state index contributed by atoms with van der Waals surface area (Å²) < 4.78 is 27.9. The van der Waals surface area contributed by atoms with Crippen molar-refractivity contribution < 1.29 is 8.78 Å². The van der Waals surface area contributed by atoms with Crippen LogP contribution in [-0.4, -0.2) is 14.8 Å². The zero-order valence-electron chi connectivity index (χ0n) is 9.28. The minimum Gasteiger partial charge on any atom is -0.267 e. The smallest absolute Gasteiger partial charge is 0.229 e. The molecule has 0 radical (unpaired) electrons. The highest BCUT2D eigenvalue weighted by molar-refractivity contribution is 6.28. The van der Waals surface area contributed by atoms with E-state index in [0.717, 1.165) is 6.07 Å². The van der Waals surface area contributed by atoms with Gasteiger partial charge in [0, 0.05) is 12.0 Å². The molecular formula is C11H10ClF2N3. The Bertz CT molecular complexity index is 552. The molecule has 3 nitrogen and oxygen atoms in total. The predicted molar refractivity (Wildman–Crippen MR) is 60.4 cm³/mol. The molecule has 0 fully saturated rings. The molecule has 17 heavy (non-hydrogen) atoms. The molecule has 0 aliphatic carbocycles. The van der Waals surface area contributed by atoms with Crippen LogP contribution in [0.1, 0.15) is 25.6 Å². The molecule has 0 atom stereocenters. The van der Waals surface area contributed by atoms with Gasteiger partial charge >= 0.3 is 0 Å². The standard InChI is InChI=1S/C11H10ClF2N3/c1-6(2)10-15-16-11(12)17(10)9-4-3-7(13)5-8(9)14/h3-6H,1-2H3. The first-order valence-electron chi connectivity index (χ1n) is 5.07. The number of hydrogen-bond donors (Lipinski definition) is 0. The van der Waals surface area contributed by atoms with Crippen molar-refractivity contribution in [2.45, 2.75) is 19.8 Å². The van der Waals surface area contributed by atoms with Gasteiger partial charge in [-0.15, -0.1) is 10.2 Å². The molecule has 0 spiro atoms. The average Bonchev–Trinajstić information content (AvgIpc) is 2.60. The average molecular weight is 258 g/mol. The van der Waals surface area contributed by atoms with Gasteiger partial charge in [0.2, 0.25) is 5.28 Å². The van der Waals surface area contributed by atoms with Crippen LogP contribution in [0.4, 0.5) is 8.78 Å². The molecule has 90 valence electrons. The van der Waals surface area contributed by atoms with Crippen LogP contribution in [0.5, 0.6) is 0 Å². The fraction of sp³-hybridized carbons (Fsp3) is 0.273. The third-order valence-electron chi connectivity index (χ3n) is 2.32. The highest BCUT2D eigenvalue weighted by Crippen LogP contribution is 2.24. The molecule has 0 aliphatic heterocycles. The summed E-state index contributed by atoms with van der Waals surface area (Å²) in [6.07, 6.45) is 0. The Balaban J connectivity index is 2.63. The Morgan fingerprint density at radius 3 is 2.53 bits per heavy atom. The van der Waals surface area contributed by atoms with E-state index in [9.17, 15) is 8.78 Å². The van der Waals surface area contributed by atoms with E-state index in [1.54, 1.807) is 0 Å². The van der Waals surface area contributed by atoms with Crippen LogP contribution in [0, 0.1) is 11.6 Å². The van der Waals surface area contributed by atoms with Crippen molar-refractivity contribution in [2.75, 3.05) is 0 Å². The molecule has 6 heteroatoms. The Labute approximate surface area is 102 Å². The quantitative estimate of drug-likeness (QED) is 0.826. The van der Waals surface area contributed by atoms with Crippen LogP contribution < -0.4 is 0 Å². The van der Waals surface area contributed by atoms with Gasteiger partial charge in [-0.05, 0) is 23.7 Å². The van der Waals surface area contributed by atoms with E-state index in [1.807, 2.05) is 13.8 Å². The summed E-state index contributed by atoms with van der Waals surface area (Å²) in [5.74, 6) is -0.782. The summed E-state index contributed by atoms with van der Waals surface area (Å²) in [4.78, 5) is 0. The highest BCUT2D eigenvalue weighted by Gasteiger charge is 2.17. The van der Waals surface area contributed by atoms with Crippen LogP contribution in [0.15, 0.2) is 18.2 Å². The van der Waals surface area contributed by atoms with Gasteiger partial charge in [0.1, 0.15) is 17.5 Å². The van der Waals surface area contributed by atoms with Gasteiger partial charge in [0.15, 0.2) is 0 Å².